The van der Waals surface area contributed by atoms with Crippen molar-refractivity contribution in [2.24, 2.45) is 0 Å². The molecular formula is C16H22ClFN2O3. The molecule has 0 radical (unpaired) electrons. The van der Waals surface area contributed by atoms with E-state index in [4.69, 9.17) is 5.11 Å². The first-order chi connectivity index (χ1) is 10.4. The Bertz CT molecular complexity index is 553. The Morgan fingerprint density at radius 3 is 2.57 bits per heavy atom. The first-order valence-corrected chi connectivity index (χ1v) is 7.38. The summed E-state index contributed by atoms with van der Waals surface area (Å²) in [5, 5.41) is 9.15. The molecule has 0 aromatic heterocycles. The van der Waals surface area contributed by atoms with Crippen LogP contribution in [0, 0.1) is 5.82 Å². The molecule has 2 unspecified atom stereocenters. The summed E-state index contributed by atoms with van der Waals surface area (Å²) in [5.41, 5.74) is 0.841. The third-order valence-electron chi connectivity index (χ3n) is 4.31. The number of carbonyl (C=O) groups excluding carboxylic acids is 1. The average molecular weight is 345 g/mol. The largest absolute Gasteiger partial charge is 0.480 e. The Morgan fingerprint density at radius 2 is 2.00 bits per heavy atom. The summed E-state index contributed by atoms with van der Waals surface area (Å²) in [6.07, 6.45) is 1.38. The highest BCUT2D eigenvalue weighted by molar-refractivity contribution is 5.85. The zero-order valence-electron chi connectivity index (χ0n) is 13.2. The predicted molar refractivity (Wildman–Crippen MR) is 87.1 cm³/mol. The summed E-state index contributed by atoms with van der Waals surface area (Å²) < 4.78 is 13.0. The van der Waals surface area contributed by atoms with Gasteiger partial charge in [0.1, 0.15) is 11.9 Å². The fraction of sp³-hybridized carbons (Fsp3) is 0.500. The molecule has 1 aromatic rings. The Labute approximate surface area is 141 Å². The number of likely N-dealkylation sites (tertiary alicyclic amines) is 1. The van der Waals surface area contributed by atoms with Gasteiger partial charge in [-0.3, -0.25) is 14.5 Å². The normalized spacial score (nSPS) is 19.0. The number of nitrogens with zero attached hydrogens (tertiary/aromatic N) is 2. The van der Waals surface area contributed by atoms with Crippen molar-refractivity contribution in [1.29, 1.82) is 0 Å². The minimum Gasteiger partial charge on any atom is -0.480 e. The Balaban J connectivity index is 0.00000264. The van der Waals surface area contributed by atoms with E-state index < -0.39 is 12.0 Å². The fourth-order valence-electron chi connectivity index (χ4n) is 2.76. The molecule has 23 heavy (non-hydrogen) atoms. The van der Waals surface area contributed by atoms with Gasteiger partial charge < -0.3 is 10.0 Å². The van der Waals surface area contributed by atoms with Crippen LogP contribution in [-0.4, -0.2) is 53.0 Å². The molecule has 7 heteroatoms. The van der Waals surface area contributed by atoms with Gasteiger partial charge in [-0.2, -0.15) is 0 Å². The van der Waals surface area contributed by atoms with E-state index in [1.54, 1.807) is 29.0 Å². The highest BCUT2D eigenvalue weighted by atomic mass is 35.5. The van der Waals surface area contributed by atoms with Crippen LogP contribution >= 0.6 is 12.4 Å². The number of hydrogen-bond donors (Lipinski definition) is 1. The van der Waals surface area contributed by atoms with Crippen LogP contribution in [0.5, 0.6) is 0 Å². The van der Waals surface area contributed by atoms with Crippen LogP contribution in [0.1, 0.15) is 31.4 Å². The Kier molecular flexibility index (Phi) is 6.97. The lowest BCUT2D eigenvalue weighted by Gasteiger charge is -2.28. The molecule has 1 amide bonds. The van der Waals surface area contributed by atoms with Gasteiger partial charge in [-0.25, -0.2) is 4.39 Å². The molecular weight excluding hydrogens is 323 g/mol. The van der Waals surface area contributed by atoms with Gasteiger partial charge in [0.15, 0.2) is 0 Å². The second-order valence-corrected chi connectivity index (χ2v) is 5.70. The minimum atomic E-state index is -0.875. The standard InChI is InChI=1S/C16H21FN2O3.ClH/c1-11(12-5-7-13(17)8-6-12)18(2)15(20)10-19-9-3-4-14(19)16(21)22;/h5-8,11,14H,3-4,9-10H2,1-2H3,(H,21,22);1H. The van der Waals surface area contributed by atoms with Crippen LogP contribution in [0.2, 0.25) is 0 Å². The quantitative estimate of drug-likeness (QED) is 0.890. The highest BCUT2D eigenvalue weighted by Crippen LogP contribution is 2.21. The fourth-order valence-corrected chi connectivity index (χ4v) is 2.76. The molecule has 2 rings (SSSR count). The number of benzene rings is 1. The summed E-state index contributed by atoms with van der Waals surface area (Å²) in [4.78, 5) is 26.8. The van der Waals surface area contributed by atoms with Crippen molar-refractivity contribution in [3.8, 4) is 0 Å². The van der Waals surface area contributed by atoms with Gasteiger partial charge in [-0.1, -0.05) is 12.1 Å². The molecule has 1 heterocycles. The minimum absolute atomic E-state index is 0. The van der Waals surface area contributed by atoms with Gasteiger partial charge >= 0.3 is 5.97 Å². The van der Waals surface area contributed by atoms with E-state index in [-0.39, 0.29) is 36.7 Å². The van der Waals surface area contributed by atoms with E-state index in [2.05, 4.69) is 0 Å². The molecule has 2 atom stereocenters. The van der Waals surface area contributed by atoms with Gasteiger partial charge in [-0.05, 0) is 44.0 Å². The number of aliphatic carboxylic acids is 1. The van der Waals surface area contributed by atoms with Gasteiger partial charge in [0, 0.05) is 7.05 Å². The summed E-state index contributed by atoms with van der Waals surface area (Å²) in [5.74, 6) is -1.32. The van der Waals surface area contributed by atoms with Gasteiger partial charge in [-0.15, -0.1) is 12.4 Å². The molecule has 0 aliphatic carbocycles. The summed E-state index contributed by atoms with van der Waals surface area (Å²) >= 11 is 0. The number of halogens is 2. The second kappa shape index (κ2) is 8.26. The number of carboxylic acid groups (broad SMARTS) is 1. The number of rotatable bonds is 5. The van der Waals surface area contributed by atoms with Crippen molar-refractivity contribution in [2.75, 3.05) is 20.1 Å². The Morgan fingerprint density at radius 1 is 1.39 bits per heavy atom. The van der Waals surface area contributed by atoms with Crippen LogP contribution in [0.25, 0.3) is 0 Å². The molecule has 1 N–H and O–H groups in total. The van der Waals surface area contributed by atoms with Gasteiger partial charge in [0.25, 0.3) is 0 Å². The maximum Gasteiger partial charge on any atom is 0.320 e. The predicted octanol–water partition coefficient (Wildman–Crippen LogP) is 2.32. The first kappa shape index (κ1) is 19.4. The second-order valence-electron chi connectivity index (χ2n) is 5.70. The van der Waals surface area contributed by atoms with E-state index in [1.165, 1.54) is 12.1 Å². The van der Waals surface area contributed by atoms with Crippen molar-refractivity contribution in [3.63, 3.8) is 0 Å². The van der Waals surface area contributed by atoms with E-state index >= 15 is 0 Å². The molecule has 1 aliphatic rings. The molecule has 5 nitrogen and oxygen atoms in total. The lowest BCUT2D eigenvalue weighted by Crippen LogP contribution is -2.44. The number of hydrogen-bond acceptors (Lipinski definition) is 3. The maximum absolute atomic E-state index is 13.0. The molecule has 128 valence electrons. The molecule has 0 bridgehead atoms. The van der Waals surface area contributed by atoms with Crippen LogP contribution in [-0.2, 0) is 9.59 Å². The van der Waals surface area contributed by atoms with Crippen molar-refractivity contribution >= 4 is 24.3 Å². The van der Waals surface area contributed by atoms with E-state index in [0.717, 1.165) is 12.0 Å². The summed E-state index contributed by atoms with van der Waals surface area (Å²) in [6.45, 7) is 2.59. The number of carbonyl (C=O) groups is 2. The molecule has 1 aliphatic heterocycles. The zero-order valence-corrected chi connectivity index (χ0v) is 14.1. The third kappa shape index (κ3) is 4.65. The van der Waals surface area contributed by atoms with Crippen LogP contribution in [0.15, 0.2) is 24.3 Å². The van der Waals surface area contributed by atoms with E-state index in [1.807, 2.05) is 6.92 Å². The molecule has 1 aromatic carbocycles. The first-order valence-electron chi connectivity index (χ1n) is 7.38. The third-order valence-corrected chi connectivity index (χ3v) is 4.31. The smallest absolute Gasteiger partial charge is 0.320 e. The lowest BCUT2D eigenvalue weighted by molar-refractivity contribution is -0.143. The monoisotopic (exact) mass is 344 g/mol. The zero-order chi connectivity index (χ0) is 16.3. The van der Waals surface area contributed by atoms with Crippen molar-refractivity contribution < 1.29 is 19.1 Å². The number of amides is 1. The highest BCUT2D eigenvalue weighted by Gasteiger charge is 2.32. The Hall–Kier alpha value is -1.66. The SMILES string of the molecule is CC(c1ccc(F)cc1)N(C)C(=O)CN1CCCC1C(=O)O.Cl. The van der Waals surface area contributed by atoms with E-state index in [9.17, 15) is 14.0 Å². The van der Waals surface area contributed by atoms with Crippen molar-refractivity contribution in [2.45, 2.75) is 31.8 Å². The van der Waals surface area contributed by atoms with Crippen LogP contribution in [0.4, 0.5) is 4.39 Å². The van der Waals surface area contributed by atoms with Crippen molar-refractivity contribution in [1.82, 2.24) is 9.80 Å². The van der Waals surface area contributed by atoms with E-state index in [0.29, 0.717) is 13.0 Å². The number of carboxylic acids is 1. The molecule has 0 spiro atoms. The van der Waals surface area contributed by atoms with Gasteiger partial charge in [0.2, 0.25) is 5.91 Å². The van der Waals surface area contributed by atoms with Crippen molar-refractivity contribution in [3.05, 3.63) is 35.6 Å². The maximum atomic E-state index is 13.0. The molecule has 1 saturated heterocycles. The lowest BCUT2D eigenvalue weighted by atomic mass is 10.1. The molecule has 1 fully saturated rings. The average Bonchev–Trinajstić information content (AvgIpc) is 2.94. The topological polar surface area (TPSA) is 60.9 Å². The van der Waals surface area contributed by atoms with Crippen LogP contribution < -0.4 is 0 Å². The molecule has 0 saturated carbocycles. The van der Waals surface area contributed by atoms with Gasteiger partial charge in [0.05, 0.1) is 12.6 Å². The summed E-state index contributed by atoms with van der Waals surface area (Å²) in [7, 11) is 1.68. The summed E-state index contributed by atoms with van der Waals surface area (Å²) in [6, 6.07) is 5.27. The number of likely N-dealkylation sites (N-methyl/N-ethyl adjacent to an activating group) is 1. The van der Waals surface area contributed by atoms with Crippen LogP contribution in [0.3, 0.4) is 0 Å².